The summed E-state index contributed by atoms with van der Waals surface area (Å²) in [6.07, 6.45) is 1.66. The minimum Gasteiger partial charge on any atom is -0.419 e. The Balaban J connectivity index is 1.72. The van der Waals surface area contributed by atoms with Gasteiger partial charge in [-0.1, -0.05) is 41.4 Å². The van der Waals surface area contributed by atoms with E-state index in [1.165, 1.54) is 0 Å². The summed E-state index contributed by atoms with van der Waals surface area (Å²) in [4.78, 5) is 0. The molecule has 0 spiro atoms. The van der Waals surface area contributed by atoms with Gasteiger partial charge >= 0.3 is 0 Å². The van der Waals surface area contributed by atoms with E-state index in [0.717, 1.165) is 11.3 Å². The fourth-order valence-electron chi connectivity index (χ4n) is 2.27. The molecule has 0 saturated carbocycles. The smallest absolute Gasteiger partial charge is 0.249 e. The quantitative estimate of drug-likeness (QED) is 0.663. The summed E-state index contributed by atoms with van der Waals surface area (Å²) in [5, 5.41) is 12.3. The summed E-state index contributed by atoms with van der Waals surface area (Å²) in [6.45, 7) is 0.315. The normalized spacial score (nSPS) is 12.1. The van der Waals surface area contributed by atoms with Crippen LogP contribution in [0.5, 0.6) is 0 Å². The van der Waals surface area contributed by atoms with Gasteiger partial charge in [0, 0.05) is 22.8 Å². The summed E-state index contributed by atoms with van der Waals surface area (Å²) >= 11 is 12.3. The fourth-order valence-corrected chi connectivity index (χ4v) is 3.32. The van der Waals surface area contributed by atoms with Crippen LogP contribution in [0.15, 0.2) is 46.9 Å². The Bertz CT molecular complexity index is 914. The van der Waals surface area contributed by atoms with Gasteiger partial charge in [-0.05, 0) is 29.8 Å². The van der Waals surface area contributed by atoms with Crippen molar-refractivity contribution in [3.8, 4) is 11.5 Å². The van der Waals surface area contributed by atoms with Crippen molar-refractivity contribution in [3.63, 3.8) is 0 Å². The maximum atomic E-state index is 11.4. The van der Waals surface area contributed by atoms with Gasteiger partial charge in [0.1, 0.15) is 0 Å². The number of hydrogen-bond acceptors (Lipinski definition) is 5. The van der Waals surface area contributed by atoms with Crippen molar-refractivity contribution in [2.45, 2.75) is 12.3 Å². The molecule has 1 heterocycles. The molecule has 0 fully saturated rings. The van der Waals surface area contributed by atoms with Crippen molar-refractivity contribution >= 4 is 39.7 Å². The van der Waals surface area contributed by atoms with Crippen LogP contribution in [-0.2, 0) is 23.1 Å². The number of nitrogens with one attached hydrogen (secondary N) is 1. The SMILES string of the molecule is C[S@@](=O)Cc1ccc(Cl)c(NCc2nnc(-c3ccccc3Cl)o2)c1. The third-order valence-corrected chi connectivity index (χ3v) is 4.80. The Labute approximate surface area is 157 Å². The van der Waals surface area contributed by atoms with Crippen LogP contribution in [0.3, 0.4) is 0 Å². The van der Waals surface area contributed by atoms with Gasteiger partial charge in [0.2, 0.25) is 11.8 Å². The van der Waals surface area contributed by atoms with Gasteiger partial charge in [0.25, 0.3) is 0 Å². The molecule has 8 heteroatoms. The van der Waals surface area contributed by atoms with Gasteiger partial charge in [-0.2, -0.15) is 0 Å². The molecule has 0 aliphatic heterocycles. The topological polar surface area (TPSA) is 68.0 Å². The third-order valence-electron chi connectivity index (χ3n) is 3.40. The van der Waals surface area contributed by atoms with Gasteiger partial charge in [0.15, 0.2) is 0 Å². The van der Waals surface area contributed by atoms with Crippen LogP contribution in [-0.4, -0.2) is 20.7 Å². The van der Waals surface area contributed by atoms with Crippen molar-refractivity contribution in [3.05, 3.63) is 64.0 Å². The first-order valence-electron chi connectivity index (χ1n) is 7.42. The van der Waals surface area contributed by atoms with Gasteiger partial charge in [-0.15, -0.1) is 10.2 Å². The first kappa shape index (κ1) is 17.9. The van der Waals surface area contributed by atoms with Crippen LogP contribution >= 0.6 is 23.2 Å². The molecule has 0 radical (unpaired) electrons. The molecule has 0 bridgehead atoms. The molecule has 1 N–H and O–H groups in total. The molecule has 0 saturated heterocycles. The van der Waals surface area contributed by atoms with E-state index >= 15 is 0 Å². The molecule has 0 unspecified atom stereocenters. The van der Waals surface area contributed by atoms with Crippen LogP contribution in [0.1, 0.15) is 11.5 Å². The molecular formula is C17H15Cl2N3O2S. The molecule has 5 nitrogen and oxygen atoms in total. The lowest BCUT2D eigenvalue weighted by atomic mass is 10.2. The molecule has 0 aliphatic rings. The molecule has 1 atom stereocenters. The first-order chi connectivity index (χ1) is 12.0. The molecule has 2 aromatic carbocycles. The Hall–Kier alpha value is -1.89. The molecule has 25 heavy (non-hydrogen) atoms. The zero-order valence-corrected chi connectivity index (χ0v) is 15.7. The zero-order valence-electron chi connectivity index (χ0n) is 13.3. The molecule has 0 aliphatic carbocycles. The largest absolute Gasteiger partial charge is 0.419 e. The Morgan fingerprint density at radius 2 is 1.92 bits per heavy atom. The lowest BCUT2D eigenvalue weighted by Gasteiger charge is -2.08. The van der Waals surface area contributed by atoms with E-state index in [-0.39, 0.29) is 0 Å². The summed E-state index contributed by atoms with van der Waals surface area (Å²) in [5.41, 5.74) is 2.35. The standard InChI is InChI=1S/C17H15Cl2N3O2S/c1-25(23)10-11-6-7-14(19)15(8-11)20-9-16-21-22-17(24-16)12-4-2-3-5-13(12)18/h2-8,20H,9-10H2,1H3/t25-/m1/s1. The number of nitrogens with zero attached hydrogens (tertiary/aromatic N) is 2. The van der Waals surface area contributed by atoms with Crippen LogP contribution in [0.2, 0.25) is 10.0 Å². The molecular weight excluding hydrogens is 381 g/mol. The van der Waals surface area contributed by atoms with Crippen molar-refractivity contribution in [1.29, 1.82) is 0 Å². The predicted molar refractivity (Wildman–Crippen MR) is 101 cm³/mol. The maximum Gasteiger partial charge on any atom is 0.249 e. The zero-order chi connectivity index (χ0) is 17.8. The number of benzene rings is 2. The maximum absolute atomic E-state index is 11.4. The van der Waals surface area contributed by atoms with Crippen molar-refractivity contribution in [2.24, 2.45) is 0 Å². The lowest BCUT2D eigenvalue weighted by Crippen LogP contribution is -2.02. The van der Waals surface area contributed by atoms with E-state index in [1.807, 2.05) is 30.3 Å². The van der Waals surface area contributed by atoms with Gasteiger partial charge in [-0.3, -0.25) is 4.21 Å². The van der Waals surface area contributed by atoms with E-state index < -0.39 is 10.8 Å². The lowest BCUT2D eigenvalue weighted by molar-refractivity contribution is 0.515. The number of rotatable bonds is 6. The minimum absolute atomic E-state index is 0.315. The van der Waals surface area contributed by atoms with Crippen molar-refractivity contribution in [1.82, 2.24) is 10.2 Å². The highest BCUT2D eigenvalue weighted by Crippen LogP contribution is 2.27. The monoisotopic (exact) mass is 395 g/mol. The van der Waals surface area contributed by atoms with E-state index in [4.69, 9.17) is 27.6 Å². The highest BCUT2D eigenvalue weighted by Gasteiger charge is 2.12. The second kappa shape index (κ2) is 7.99. The summed E-state index contributed by atoms with van der Waals surface area (Å²) in [7, 11) is -0.916. The summed E-state index contributed by atoms with van der Waals surface area (Å²) in [5.74, 6) is 1.25. The average Bonchev–Trinajstić information content (AvgIpc) is 3.04. The Kier molecular flexibility index (Phi) is 5.73. The van der Waals surface area contributed by atoms with E-state index in [1.54, 1.807) is 18.4 Å². The number of anilines is 1. The Morgan fingerprint density at radius 3 is 2.68 bits per heavy atom. The van der Waals surface area contributed by atoms with E-state index in [2.05, 4.69) is 15.5 Å². The molecule has 130 valence electrons. The molecule has 3 rings (SSSR count). The van der Waals surface area contributed by atoms with E-state index in [9.17, 15) is 4.21 Å². The van der Waals surface area contributed by atoms with Gasteiger partial charge in [-0.25, -0.2) is 0 Å². The third kappa shape index (κ3) is 4.60. The first-order valence-corrected chi connectivity index (χ1v) is 9.91. The fraction of sp³-hybridized carbons (Fsp3) is 0.176. The van der Waals surface area contributed by atoms with Crippen LogP contribution in [0.4, 0.5) is 5.69 Å². The Morgan fingerprint density at radius 1 is 1.12 bits per heavy atom. The second-order valence-corrected chi connectivity index (χ2v) is 7.62. The number of aromatic nitrogens is 2. The predicted octanol–water partition coefficient (Wildman–Crippen LogP) is 4.53. The highest BCUT2D eigenvalue weighted by atomic mass is 35.5. The summed E-state index contributed by atoms with van der Waals surface area (Å²) < 4.78 is 17.0. The summed E-state index contributed by atoms with van der Waals surface area (Å²) in [6, 6.07) is 12.8. The molecule has 0 amide bonds. The molecule has 3 aromatic rings. The number of halogens is 2. The molecule has 1 aromatic heterocycles. The average molecular weight is 396 g/mol. The van der Waals surface area contributed by atoms with Crippen LogP contribution in [0, 0.1) is 0 Å². The van der Waals surface area contributed by atoms with Crippen molar-refractivity contribution in [2.75, 3.05) is 11.6 Å². The highest BCUT2D eigenvalue weighted by molar-refractivity contribution is 7.83. The van der Waals surface area contributed by atoms with E-state index in [0.29, 0.717) is 39.7 Å². The van der Waals surface area contributed by atoms with Gasteiger partial charge < -0.3 is 9.73 Å². The minimum atomic E-state index is -0.916. The van der Waals surface area contributed by atoms with Crippen molar-refractivity contribution < 1.29 is 8.63 Å². The number of hydrogen-bond donors (Lipinski definition) is 1. The second-order valence-electron chi connectivity index (χ2n) is 5.37. The van der Waals surface area contributed by atoms with Crippen LogP contribution < -0.4 is 5.32 Å². The van der Waals surface area contributed by atoms with Crippen LogP contribution in [0.25, 0.3) is 11.5 Å². The van der Waals surface area contributed by atoms with Gasteiger partial charge in [0.05, 0.1) is 27.8 Å².